The molecule has 2 aliphatic rings. The molecule has 172 valence electrons. The molecule has 0 unspecified atom stereocenters. The Morgan fingerprint density at radius 2 is 1.62 bits per heavy atom. The summed E-state index contributed by atoms with van der Waals surface area (Å²) in [4.78, 5) is 17.1. The number of phenols is 1. The van der Waals surface area contributed by atoms with Crippen molar-refractivity contribution in [2.24, 2.45) is 5.92 Å². The summed E-state index contributed by atoms with van der Waals surface area (Å²) >= 11 is 0. The lowest BCUT2D eigenvalue weighted by molar-refractivity contribution is 0.163. The van der Waals surface area contributed by atoms with Crippen molar-refractivity contribution in [2.45, 2.75) is 44.6 Å². The van der Waals surface area contributed by atoms with Gasteiger partial charge in [-0.1, -0.05) is 12.1 Å². The van der Waals surface area contributed by atoms with Gasteiger partial charge in [-0.05, 0) is 86.4 Å². The second-order valence-corrected chi connectivity index (χ2v) is 9.04. The standard InChI is InChI=1S/C26H35N3O3/c1-32-25-10-6-23(7-11-25)28-18-14-22(15-19-28)27-26(31)29-16-12-21(13-17-29)3-2-20-4-8-24(30)9-5-20/h4-11,21-22,30H,2-3,12-19H2,1H3,(H,27,31). The Labute approximate surface area is 191 Å². The number of piperidine rings is 2. The van der Waals surface area contributed by atoms with Crippen molar-refractivity contribution < 1.29 is 14.6 Å². The number of hydrogen-bond acceptors (Lipinski definition) is 4. The number of ether oxygens (including phenoxy) is 1. The van der Waals surface area contributed by atoms with Crippen LogP contribution in [0.2, 0.25) is 0 Å². The van der Waals surface area contributed by atoms with Gasteiger partial charge in [0.1, 0.15) is 11.5 Å². The maximum atomic E-state index is 12.8. The first-order valence-corrected chi connectivity index (χ1v) is 11.8. The van der Waals surface area contributed by atoms with E-state index in [-0.39, 0.29) is 12.1 Å². The number of rotatable bonds is 6. The molecule has 2 saturated heterocycles. The number of benzene rings is 2. The number of likely N-dealkylation sites (tertiary alicyclic amines) is 1. The molecule has 0 bridgehead atoms. The third-order valence-corrected chi connectivity index (χ3v) is 6.94. The van der Waals surface area contributed by atoms with Crippen LogP contribution in [0.1, 0.15) is 37.7 Å². The molecule has 2 N–H and O–H groups in total. The van der Waals surface area contributed by atoms with Crippen molar-refractivity contribution in [1.82, 2.24) is 10.2 Å². The molecule has 6 nitrogen and oxygen atoms in total. The fraction of sp³-hybridized carbons (Fsp3) is 0.500. The molecule has 0 aromatic heterocycles. The quantitative estimate of drug-likeness (QED) is 0.702. The first kappa shape index (κ1) is 22.3. The van der Waals surface area contributed by atoms with E-state index in [2.05, 4.69) is 22.3 Å². The van der Waals surface area contributed by atoms with Crippen LogP contribution in [-0.2, 0) is 6.42 Å². The molecular weight excluding hydrogens is 402 g/mol. The first-order valence-electron chi connectivity index (χ1n) is 11.8. The van der Waals surface area contributed by atoms with Crippen LogP contribution in [0.25, 0.3) is 0 Å². The number of phenolic OH excluding ortho intramolecular Hbond substituents is 1. The highest BCUT2D eigenvalue weighted by Gasteiger charge is 2.26. The van der Waals surface area contributed by atoms with Crippen molar-refractivity contribution in [3.63, 3.8) is 0 Å². The molecule has 0 saturated carbocycles. The summed E-state index contributed by atoms with van der Waals surface area (Å²) in [6.45, 7) is 3.60. The Balaban J connectivity index is 1.15. The van der Waals surface area contributed by atoms with E-state index in [9.17, 15) is 9.90 Å². The van der Waals surface area contributed by atoms with Gasteiger partial charge in [0.15, 0.2) is 0 Å². The summed E-state index contributed by atoms with van der Waals surface area (Å²) < 4.78 is 5.24. The Hall–Kier alpha value is -2.89. The van der Waals surface area contributed by atoms with E-state index in [0.29, 0.717) is 11.7 Å². The minimum absolute atomic E-state index is 0.102. The molecule has 0 spiro atoms. The topological polar surface area (TPSA) is 65.0 Å². The molecule has 2 aromatic carbocycles. The van der Waals surface area contributed by atoms with Crippen LogP contribution in [0.15, 0.2) is 48.5 Å². The Bertz CT molecular complexity index is 853. The van der Waals surface area contributed by atoms with Gasteiger partial charge in [0.05, 0.1) is 7.11 Å². The summed E-state index contributed by atoms with van der Waals surface area (Å²) in [5.41, 5.74) is 2.48. The van der Waals surface area contributed by atoms with E-state index in [1.807, 2.05) is 29.2 Å². The zero-order chi connectivity index (χ0) is 22.3. The number of nitrogens with one attached hydrogen (secondary N) is 1. The summed E-state index contributed by atoms with van der Waals surface area (Å²) in [6, 6.07) is 16.1. The summed E-state index contributed by atoms with van der Waals surface area (Å²) in [7, 11) is 1.68. The van der Waals surface area contributed by atoms with Crippen LogP contribution in [0.4, 0.5) is 10.5 Å². The lowest BCUT2D eigenvalue weighted by Gasteiger charge is -2.36. The smallest absolute Gasteiger partial charge is 0.317 e. The van der Waals surface area contributed by atoms with Gasteiger partial charge in [0.25, 0.3) is 0 Å². The van der Waals surface area contributed by atoms with Crippen LogP contribution in [0.3, 0.4) is 0 Å². The Morgan fingerprint density at radius 1 is 0.969 bits per heavy atom. The predicted octanol–water partition coefficient (Wildman–Crippen LogP) is 4.42. The molecular formula is C26H35N3O3. The number of urea groups is 1. The molecule has 2 aromatic rings. The average molecular weight is 438 g/mol. The van der Waals surface area contributed by atoms with E-state index in [1.165, 1.54) is 11.3 Å². The van der Waals surface area contributed by atoms with E-state index in [4.69, 9.17) is 4.74 Å². The zero-order valence-electron chi connectivity index (χ0n) is 19.0. The molecule has 6 heteroatoms. The number of nitrogens with zero attached hydrogens (tertiary/aromatic N) is 2. The maximum absolute atomic E-state index is 12.8. The second kappa shape index (κ2) is 10.6. The molecule has 2 heterocycles. The van der Waals surface area contributed by atoms with Crippen LogP contribution in [0, 0.1) is 5.92 Å². The molecule has 2 aliphatic heterocycles. The minimum Gasteiger partial charge on any atom is -0.508 e. The van der Waals surface area contributed by atoms with E-state index in [1.54, 1.807) is 19.2 Å². The van der Waals surface area contributed by atoms with E-state index >= 15 is 0 Å². The number of carbonyl (C=O) groups is 1. The van der Waals surface area contributed by atoms with Gasteiger partial charge in [-0.25, -0.2) is 4.79 Å². The number of anilines is 1. The zero-order valence-corrected chi connectivity index (χ0v) is 19.0. The van der Waals surface area contributed by atoms with Gasteiger partial charge >= 0.3 is 6.03 Å². The normalized spacial score (nSPS) is 17.9. The first-order chi connectivity index (χ1) is 15.6. The van der Waals surface area contributed by atoms with Gasteiger partial charge < -0.3 is 25.0 Å². The highest BCUT2D eigenvalue weighted by atomic mass is 16.5. The summed E-state index contributed by atoms with van der Waals surface area (Å²) in [5, 5.41) is 12.7. The van der Waals surface area contributed by atoms with Gasteiger partial charge in [-0.15, -0.1) is 0 Å². The van der Waals surface area contributed by atoms with E-state index < -0.39 is 0 Å². The molecule has 2 amide bonds. The lowest BCUT2D eigenvalue weighted by atomic mass is 9.90. The van der Waals surface area contributed by atoms with Gasteiger partial charge in [-0.2, -0.15) is 0 Å². The highest BCUT2D eigenvalue weighted by molar-refractivity contribution is 5.74. The number of aryl methyl sites for hydroxylation is 1. The number of carbonyl (C=O) groups excluding carboxylic acids is 1. The largest absolute Gasteiger partial charge is 0.508 e. The molecule has 2 fully saturated rings. The SMILES string of the molecule is COc1ccc(N2CCC(NC(=O)N3CCC(CCc4ccc(O)cc4)CC3)CC2)cc1. The van der Waals surface area contributed by atoms with Crippen molar-refractivity contribution in [2.75, 3.05) is 38.2 Å². The predicted molar refractivity (Wildman–Crippen MR) is 127 cm³/mol. The fourth-order valence-corrected chi connectivity index (χ4v) is 4.80. The van der Waals surface area contributed by atoms with Crippen LogP contribution < -0.4 is 15.0 Å². The van der Waals surface area contributed by atoms with Crippen LogP contribution in [0.5, 0.6) is 11.5 Å². The van der Waals surface area contributed by atoms with Crippen molar-refractivity contribution in [3.05, 3.63) is 54.1 Å². The molecule has 0 radical (unpaired) electrons. The number of amides is 2. The Morgan fingerprint density at radius 3 is 2.25 bits per heavy atom. The minimum atomic E-state index is 0.102. The number of aromatic hydroxyl groups is 1. The lowest BCUT2D eigenvalue weighted by Crippen LogP contribution is -2.51. The molecule has 4 rings (SSSR count). The average Bonchev–Trinajstić information content (AvgIpc) is 2.84. The van der Waals surface area contributed by atoms with Crippen molar-refractivity contribution in [1.29, 1.82) is 0 Å². The molecule has 0 atom stereocenters. The Kier molecular flexibility index (Phi) is 7.40. The summed E-state index contributed by atoms with van der Waals surface area (Å²) in [6.07, 6.45) is 6.26. The second-order valence-electron chi connectivity index (χ2n) is 9.04. The number of hydrogen-bond donors (Lipinski definition) is 2. The van der Waals surface area contributed by atoms with Gasteiger partial charge in [0, 0.05) is 37.9 Å². The third-order valence-electron chi connectivity index (χ3n) is 6.94. The summed E-state index contributed by atoms with van der Waals surface area (Å²) in [5.74, 6) is 1.86. The molecule has 0 aliphatic carbocycles. The maximum Gasteiger partial charge on any atom is 0.317 e. The monoisotopic (exact) mass is 437 g/mol. The fourth-order valence-electron chi connectivity index (χ4n) is 4.80. The van der Waals surface area contributed by atoms with Crippen LogP contribution in [-0.4, -0.2) is 55.4 Å². The van der Waals surface area contributed by atoms with Gasteiger partial charge in [0.2, 0.25) is 0 Å². The van der Waals surface area contributed by atoms with Gasteiger partial charge in [-0.3, -0.25) is 0 Å². The number of methoxy groups -OCH3 is 1. The molecule has 32 heavy (non-hydrogen) atoms. The van der Waals surface area contributed by atoms with Crippen LogP contribution >= 0.6 is 0 Å². The van der Waals surface area contributed by atoms with E-state index in [0.717, 1.165) is 70.5 Å². The van der Waals surface area contributed by atoms with Crippen molar-refractivity contribution in [3.8, 4) is 11.5 Å². The highest BCUT2D eigenvalue weighted by Crippen LogP contribution is 2.25. The van der Waals surface area contributed by atoms with Crippen molar-refractivity contribution >= 4 is 11.7 Å². The third kappa shape index (κ3) is 5.87.